The molecule has 0 aromatic carbocycles. The van der Waals surface area contributed by atoms with E-state index in [0.717, 1.165) is 19.6 Å². The standard InChI is InChI=1S/C14H28N2O2/c1-14(2,18-3)13(17)11-15-7-5-9-16-8-4-6-12(16)10-15/h12-13,17H,4-11H2,1-3H3. The highest BCUT2D eigenvalue weighted by Gasteiger charge is 2.33. The van der Waals surface area contributed by atoms with Gasteiger partial charge in [-0.1, -0.05) is 0 Å². The Morgan fingerprint density at radius 2 is 2.00 bits per heavy atom. The van der Waals surface area contributed by atoms with Crippen molar-refractivity contribution in [2.24, 2.45) is 0 Å². The summed E-state index contributed by atoms with van der Waals surface area (Å²) in [5.41, 5.74) is -0.457. The molecule has 0 spiro atoms. The SMILES string of the molecule is COC(C)(C)C(O)CN1CCCN2CCCC2C1. The zero-order valence-corrected chi connectivity index (χ0v) is 12.1. The van der Waals surface area contributed by atoms with E-state index in [1.54, 1.807) is 7.11 Å². The van der Waals surface area contributed by atoms with E-state index in [9.17, 15) is 5.11 Å². The molecule has 1 N–H and O–H groups in total. The van der Waals surface area contributed by atoms with Crippen LogP contribution >= 0.6 is 0 Å². The van der Waals surface area contributed by atoms with E-state index >= 15 is 0 Å². The molecule has 2 heterocycles. The molecule has 0 saturated carbocycles. The Morgan fingerprint density at radius 1 is 1.28 bits per heavy atom. The zero-order chi connectivity index (χ0) is 13.2. The van der Waals surface area contributed by atoms with Crippen LogP contribution < -0.4 is 0 Å². The number of nitrogens with zero attached hydrogens (tertiary/aromatic N) is 2. The Bertz CT molecular complexity index is 271. The van der Waals surface area contributed by atoms with Crippen LogP contribution in [0.5, 0.6) is 0 Å². The van der Waals surface area contributed by atoms with E-state index in [4.69, 9.17) is 4.74 Å². The van der Waals surface area contributed by atoms with Crippen molar-refractivity contribution in [1.82, 2.24) is 9.80 Å². The molecule has 2 aliphatic heterocycles. The van der Waals surface area contributed by atoms with Gasteiger partial charge in [-0.15, -0.1) is 0 Å². The van der Waals surface area contributed by atoms with Crippen LogP contribution in [-0.2, 0) is 4.74 Å². The van der Waals surface area contributed by atoms with Crippen molar-refractivity contribution in [3.05, 3.63) is 0 Å². The molecule has 18 heavy (non-hydrogen) atoms. The number of aliphatic hydroxyl groups excluding tert-OH is 1. The number of rotatable bonds is 4. The summed E-state index contributed by atoms with van der Waals surface area (Å²) in [6, 6.07) is 0.713. The van der Waals surface area contributed by atoms with Gasteiger partial charge in [-0.3, -0.25) is 9.80 Å². The second-order valence-electron chi connectivity index (χ2n) is 6.27. The first-order valence-corrected chi connectivity index (χ1v) is 7.22. The average Bonchev–Trinajstić information content (AvgIpc) is 2.68. The first-order valence-electron chi connectivity index (χ1n) is 7.22. The molecule has 0 aliphatic carbocycles. The van der Waals surface area contributed by atoms with E-state index in [-0.39, 0.29) is 0 Å². The molecule has 2 unspecified atom stereocenters. The van der Waals surface area contributed by atoms with Crippen LogP contribution in [0.25, 0.3) is 0 Å². The summed E-state index contributed by atoms with van der Waals surface area (Å²) >= 11 is 0. The number of hydrogen-bond donors (Lipinski definition) is 1. The number of methoxy groups -OCH3 is 1. The van der Waals surface area contributed by atoms with Gasteiger partial charge in [-0.05, 0) is 52.7 Å². The number of hydrogen-bond acceptors (Lipinski definition) is 4. The molecule has 0 aromatic heterocycles. The zero-order valence-electron chi connectivity index (χ0n) is 12.1. The topological polar surface area (TPSA) is 35.9 Å². The van der Waals surface area contributed by atoms with Crippen molar-refractivity contribution in [2.75, 3.05) is 39.8 Å². The minimum Gasteiger partial charge on any atom is -0.389 e. The minimum absolute atomic E-state index is 0.421. The Balaban J connectivity index is 1.89. The summed E-state index contributed by atoms with van der Waals surface area (Å²) in [4.78, 5) is 5.04. The van der Waals surface area contributed by atoms with Crippen LogP contribution in [0.4, 0.5) is 0 Å². The van der Waals surface area contributed by atoms with Crippen LogP contribution in [0.2, 0.25) is 0 Å². The van der Waals surface area contributed by atoms with E-state index in [0.29, 0.717) is 6.04 Å². The predicted octanol–water partition coefficient (Wildman–Crippen LogP) is 0.942. The average molecular weight is 256 g/mol. The van der Waals surface area contributed by atoms with Crippen molar-refractivity contribution in [2.45, 2.75) is 50.9 Å². The molecule has 4 heteroatoms. The third-order valence-corrected chi connectivity index (χ3v) is 4.65. The monoisotopic (exact) mass is 256 g/mol. The maximum Gasteiger partial charge on any atom is 0.0950 e. The largest absolute Gasteiger partial charge is 0.389 e. The smallest absolute Gasteiger partial charge is 0.0950 e. The molecule has 0 radical (unpaired) electrons. The summed E-state index contributed by atoms with van der Waals surface area (Å²) in [5.74, 6) is 0. The van der Waals surface area contributed by atoms with Crippen molar-refractivity contribution in [1.29, 1.82) is 0 Å². The summed E-state index contributed by atoms with van der Waals surface area (Å²) in [5, 5.41) is 10.3. The van der Waals surface area contributed by atoms with Gasteiger partial charge in [-0.25, -0.2) is 0 Å². The molecular formula is C14H28N2O2. The van der Waals surface area contributed by atoms with Crippen molar-refractivity contribution >= 4 is 0 Å². The third kappa shape index (κ3) is 3.23. The number of fused-ring (bicyclic) bond motifs is 1. The van der Waals surface area contributed by atoms with Gasteiger partial charge < -0.3 is 9.84 Å². The third-order valence-electron chi connectivity index (χ3n) is 4.65. The van der Waals surface area contributed by atoms with E-state index < -0.39 is 11.7 Å². The lowest BCUT2D eigenvalue weighted by atomic mass is 10.0. The summed E-state index contributed by atoms with van der Waals surface area (Å²) in [6.45, 7) is 9.34. The Kier molecular flexibility index (Phi) is 4.64. The summed E-state index contributed by atoms with van der Waals surface area (Å²) in [7, 11) is 1.67. The molecule has 2 rings (SSSR count). The minimum atomic E-state index is -0.457. The lowest BCUT2D eigenvalue weighted by Crippen LogP contribution is -2.48. The number of ether oxygens (including phenoxy) is 1. The van der Waals surface area contributed by atoms with Crippen molar-refractivity contribution in [3.63, 3.8) is 0 Å². The van der Waals surface area contributed by atoms with Gasteiger partial charge in [0.1, 0.15) is 0 Å². The van der Waals surface area contributed by atoms with E-state index in [2.05, 4.69) is 9.80 Å². The van der Waals surface area contributed by atoms with E-state index in [1.807, 2.05) is 13.8 Å². The van der Waals surface area contributed by atoms with Gasteiger partial charge >= 0.3 is 0 Å². The molecule has 2 atom stereocenters. The Hall–Kier alpha value is -0.160. The summed E-state index contributed by atoms with van der Waals surface area (Å²) in [6.07, 6.45) is 3.46. The predicted molar refractivity (Wildman–Crippen MR) is 72.7 cm³/mol. The molecule has 0 amide bonds. The van der Waals surface area contributed by atoms with Gasteiger partial charge in [-0.2, -0.15) is 0 Å². The van der Waals surface area contributed by atoms with Crippen LogP contribution in [0.15, 0.2) is 0 Å². The fourth-order valence-corrected chi connectivity index (χ4v) is 3.05. The highest BCUT2D eigenvalue weighted by Crippen LogP contribution is 2.22. The Morgan fingerprint density at radius 3 is 2.72 bits per heavy atom. The maximum absolute atomic E-state index is 10.3. The number of β-amino-alcohol motifs (C(OH)–C–C–N with tert-alkyl or cyclic N) is 1. The van der Waals surface area contributed by atoms with Crippen LogP contribution in [-0.4, -0.2) is 72.5 Å². The Labute approximate surface area is 111 Å². The van der Waals surface area contributed by atoms with Crippen LogP contribution in [0, 0.1) is 0 Å². The van der Waals surface area contributed by atoms with Gasteiger partial charge in [0.15, 0.2) is 0 Å². The molecule has 2 saturated heterocycles. The van der Waals surface area contributed by atoms with Crippen molar-refractivity contribution < 1.29 is 9.84 Å². The highest BCUT2D eigenvalue weighted by molar-refractivity contribution is 4.88. The van der Waals surface area contributed by atoms with Crippen molar-refractivity contribution in [3.8, 4) is 0 Å². The molecular weight excluding hydrogens is 228 g/mol. The molecule has 0 bridgehead atoms. The quantitative estimate of drug-likeness (QED) is 0.812. The maximum atomic E-state index is 10.3. The van der Waals surface area contributed by atoms with Gasteiger partial charge in [0.25, 0.3) is 0 Å². The summed E-state index contributed by atoms with van der Waals surface area (Å²) < 4.78 is 5.37. The lowest BCUT2D eigenvalue weighted by Gasteiger charge is -2.34. The fraction of sp³-hybridized carbons (Fsp3) is 1.00. The van der Waals surface area contributed by atoms with Gasteiger partial charge in [0.05, 0.1) is 11.7 Å². The number of aliphatic hydroxyl groups is 1. The van der Waals surface area contributed by atoms with Crippen LogP contribution in [0.3, 0.4) is 0 Å². The second-order valence-corrected chi connectivity index (χ2v) is 6.27. The second kappa shape index (κ2) is 5.87. The van der Waals surface area contributed by atoms with Gasteiger partial charge in [0, 0.05) is 26.2 Å². The fourth-order valence-electron chi connectivity index (χ4n) is 3.05. The normalized spacial score (nSPS) is 29.0. The molecule has 2 fully saturated rings. The first-order chi connectivity index (χ1) is 8.53. The lowest BCUT2D eigenvalue weighted by molar-refractivity contribution is -0.0878. The van der Waals surface area contributed by atoms with Crippen LogP contribution in [0.1, 0.15) is 33.1 Å². The first kappa shape index (κ1) is 14.3. The molecule has 4 nitrogen and oxygen atoms in total. The van der Waals surface area contributed by atoms with E-state index in [1.165, 1.54) is 32.4 Å². The molecule has 106 valence electrons. The molecule has 0 aromatic rings. The highest BCUT2D eigenvalue weighted by atomic mass is 16.5. The van der Waals surface area contributed by atoms with Gasteiger partial charge in [0.2, 0.25) is 0 Å². The molecule has 2 aliphatic rings.